The standard InChI is InChI=1S/C16H15N5O2/c22-16(23)20-12-3-1-10(2-4-12)13-9-18-15-14(19-11-5-6-11)17-7-8-21(13)15/h1-4,7-9,11,20H,5-6H2,(H,17,19)(H,22,23). The van der Waals surface area contributed by atoms with Gasteiger partial charge in [0.1, 0.15) is 0 Å². The monoisotopic (exact) mass is 309 g/mol. The second-order valence-electron chi connectivity index (χ2n) is 5.54. The summed E-state index contributed by atoms with van der Waals surface area (Å²) in [7, 11) is 0. The largest absolute Gasteiger partial charge is 0.465 e. The number of hydrogen-bond donors (Lipinski definition) is 3. The molecule has 4 rings (SSSR count). The van der Waals surface area contributed by atoms with Crippen LogP contribution >= 0.6 is 0 Å². The number of amides is 1. The Bertz CT molecular complexity index is 868. The molecule has 1 aromatic carbocycles. The number of nitrogens with one attached hydrogen (secondary N) is 2. The third-order valence-electron chi connectivity index (χ3n) is 3.78. The van der Waals surface area contributed by atoms with Crippen molar-refractivity contribution in [2.24, 2.45) is 0 Å². The van der Waals surface area contributed by atoms with Crippen molar-refractivity contribution in [2.45, 2.75) is 18.9 Å². The Morgan fingerprint density at radius 2 is 2.00 bits per heavy atom. The molecule has 1 aliphatic rings. The van der Waals surface area contributed by atoms with Crippen LogP contribution in [0.3, 0.4) is 0 Å². The topological polar surface area (TPSA) is 91.5 Å². The zero-order valence-corrected chi connectivity index (χ0v) is 12.2. The maximum Gasteiger partial charge on any atom is 0.409 e. The van der Waals surface area contributed by atoms with E-state index in [9.17, 15) is 4.79 Å². The quantitative estimate of drug-likeness (QED) is 0.689. The van der Waals surface area contributed by atoms with Gasteiger partial charge >= 0.3 is 6.09 Å². The number of imidazole rings is 1. The molecule has 1 saturated carbocycles. The lowest BCUT2D eigenvalue weighted by molar-refractivity contribution is 0.210. The van der Waals surface area contributed by atoms with E-state index in [0.717, 1.165) is 22.7 Å². The third-order valence-corrected chi connectivity index (χ3v) is 3.78. The SMILES string of the molecule is O=C(O)Nc1ccc(-c2cnc3c(NC4CC4)nccn23)cc1. The van der Waals surface area contributed by atoms with Gasteiger partial charge in [0.15, 0.2) is 11.5 Å². The minimum absolute atomic E-state index is 0.509. The first-order chi connectivity index (χ1) is 11.2. The van der Waals surface area contributed by atoms with Crippen LogP contribution in [0, 0.1) is 0 Å². The normalized spacial score (nSPS) is 13.9. The molecule has 3 aromatic rings. The van der Waals surface area contributed by atoms with E-state index >= 15 is 0 Å². The maximum absolute atomic E-state index is 10.6. The van der Waals surface area contributed by atoms with Crippen molar-refractivity contribution in [2.75, 3.05) is 10.6 Å². The van der Waals surface area contributed by atoms with Crippen LogP contribution in [0.25, 0.3) is 16.9 Å². The third kappa shape index (κ3) is 2.68. The van der Waals surface area contributed by atoms with Gasteiger partial charge in [-0.2, -0.15) is 0 Å². The summed E-state index contributed by atoms with van der Waals surface area (Å²) in [5.41, 5.74) is 3.22. The van der Waals surface area contributed by atoms with Crippen LogP contribution in [0.4, 0.5) is 16.3 Å². The summed E-state index contributed by atoms with van der Waals surface area (Å²) in [4.78, 5) is 19.5. The maximum atomic E-state index is 10.6. The predicted octanol–water partition coefficient (Wildman–Crippen LogP) is 3.06. The van der Waals surface area contributed by atoms with Gasteiger partial charge < -0.3 is 10.4 Å². The van der Waals surface area contributed by atoms with Gasteiger partial charge in [0.05, 0.1) is 11.9 Å². The fourth-order valence-electron chi connectivity index (χ4n) is 2.50. The van der Waals surface area contributed by atoms with E-state index in [4.69, 9.17) is 5.11 Å². The molecule has 0 bridgehead atoms. The number of hydrogen-bond acceptors (Lipinski definition) is 4. The molecule has 0 radical (unpaired) electrons. The molecule has 0 aliphatic heterocycles. The summed E-state index contributed by atoms with van der Waals surface area (Å²) in [5, 5.41) is 14.4. The summed E-state index contributed by atoms with van der Waals surface area (Å²) in [6, 6.07) is 7.70. The van der Waals surface area contributed by atoms with Crippen molar-refractivity contribution in [3.05, 3.63) is 42.9 Å². The minimum Gasteiger partial charge on any atom is -0.465 e. The van der Waals surface area contributed by atoms with E-state index < -0.39 is 6.09 Å². The number of carboxylic acid groups (broad SMARTS) is 1. The zero-order chi connectivity index (χ0) is 15.8. The summed E-state index contributed by atoms with van der Waals surface area (Å²) in [6.45, 7) is 0. The predicted molar refractivity (Wildman–Crippen MR) is 86.7 cm³/mol. The van der Waals surface area contributed by atoms with Crippen LogP contribution in [-0.2, 0) is 0 Å². The Morgan fingerprint density at radius 3 is 2.70 bits per heavy atom. The van der Waals surface area contributed by atoms with Crippen LogP contribution < -0.4 is 10.6 Å². The Labute approximate surface area is 132 Å². The molecule has 23 heavy (non-hydrogen) atoms. The molecule has 0 saturated heterocycles. The minimum atomic E-state index is -1.07. The summed E-state index contributed by atoms with van der Waals surface area (Å²) < 4.78 is 1.98. The average molecular weight is 309 g/mol. The molecule has 3 N–H and O–H groups in total. The lowest BCUT2D eigenvalue weighted by Gasteiger charge is -2.07. The van der Waals surface area contributed by atoms with Gasteiger partial charge in [0.2, 0.25) is 0 Å². The molecule has 7 nitrogen and oxygen atoms in total. The molecular weight excluding hydrogens is 294 g/mol. The van der Waals surface area contributed by atoms with E-state index in [2.05, 4.69) is 20.6 Å². The van der Waals surface area contributed by atoms with Gasteiger partial charge in [-0.05, 0) is 25.0 Å². The van der Waals surface area contributed by atoms with Gasteiger partial charge in [-0.1, -0.05) is 12.1 Å². The highest BCUT2D eigenvalue weighted by Crippen LogP contribution is 2.28. The van der Waals surface area contributed by atoms with Gasteiger partial charge in [0, 0.05) is 29.7 Å². The number of anilines is 2. The number of benzene rings is 1. The van der Waals surface area contributed by atoms with Crippen LogP contribution in [0.15, 0.2) is 42.9 Å². The van der Waals surface area contributed by atoms with Crippen LogP contribution in [0.1, 0.15) is 12.8 Å². The van der Waals surface area contributed by atoms with Crippen molar-refractivity contribution in [3.8, 4) is 11.3 Å². The van der Waals surface area contributed by atoms with Crippen LogP contribution in [0.2, 0.25) is 0 Å². The molecule has 0 spiro atoms. The van der Waals surface area contributed by atoms with E-state index in [1.807, 2.05) is 22.7 Å². The lowest BCUT2D eigenvalue weighted by Crippen LogP contribution is -2.06. The first-order valence-corrected chi connectivity index (χ1v) is 7.40. The van der Waals surface area contributed by atoms with Crippen molar-refractivity contribution in [1.29, 1.82) is 0 Å². The molecule has 0 atom stereocenters. The highest BCUT2D eigenvalue weighted by atomic mass is 16.4. The van der Waals surface area contributed by atoms with Gasteiger partial charge in [0.25, 0.3) is 0 Å². The number of nitrogens with zero attached hydrogens (tertiary/aromatic N) is 3. The Kier molecular flexibility index (Phi) is 3.11. The summed E-state index contributed by atoms with van der Waals surface area (Å²) in [6.07, 6.45) is 6.70. The van der Waals surface area contributed by atoms with E-state index in [1.165, 1.54) is 12.8 Å². The molecule has 7 heteroatoms. The Hall–Kier alpha value is -3.09. The van der Waals surface area contributed by atoms with Crippen LogP contribution in [0.5, 0.6) is 0 Å². The highest BCUT2D eigenvalue weighted by Gasteiger charge is 2.23. The van der Waals surface area contributed by atoms with Crippen molar-refractivity contribution in [1.82, 2.24) is 14.4 Å². The Morgan fingerprint density at radius 1 is 1.22 bits per heavy atom. The molecule has 1 amide bonds. The van der Waals surface area contributed by atoms with E-state index in [0.29, 0.717) is 11.7 Å². The molecule has 2 aromatic heterocycles. The first-order valence-electron chi connectivity index (χ1n) is 7.40. The molecule has 116 valence electrons. The molecular formula is C16H15N5O2. The number of fused-ring (bicyclic) bond motifs is 1. The number of carbonyl (C=O) groups is 1. The highest BCUT2D eigenvalue weighted by molar-refractivity contribution is 5.83. The zero-order valence-electron chi connectivity index (χ0n) is 12.2. The van der Waals surface area contributed by atoms with Gasteiger partial charge in [-0.15, -0.1) is 0 Å². The van der Waals surface area contributed by atoms with Gasteiger partial charge in [-0.3, -0.25) is 9.72 Å². The van der Waals surface area contributed by atoms with E-state index in [1.54, 1.807) is 24.5 Å². The van der Waals surface area contributed by atoms with E-state index in [-0.39, 0.29) is 0 Å². The fraction of sp³-hybridized carbons (Fsp3) is 0.188. The van der Waals surface area contributed by atoms with Crippen molar-refractivity contribution >= 4 is 23.2 Å². The molecule has 0 unspecified atom stereocenters. The number of aromatic nitrogens is 3. The first kappa shape index (κ1) is 13.6. The van der Waals surface area contributed by atoms with Gasteiger partial charge in [-0.25, -0.2) is 14.8 Å². The lowest BCUT2D eigenvalue weighted by atomic mass is 10.1. The summed E-state index contributed by atoms with van der Waals surface area (Å²) >= 11 is 0. The van der Waals surface area contributed by atoms with Crippen molar-refractivity contribution < 1.29 is 9.90 Å². The second kappa shape index (κ2) is 5.28. The molecule has 1 fully saturated rings. The van der Waals surface area contributed by atoms with Crippen molar-refractivity contribution in [3.63, 3.8) is 0 Å². The summed E-state index contributed by atoms with van der Waals surface area (Å²) in [5.74, 6) is 0.797. The second-order valence-corrected chi connectivity index (χ2v) is 5.54. The number of rotatable bonds is 4. The average Bonchev–Trinajstić information content (AvgIpc) is 3.24. The molecule has 1 aliphatic carbocycles. The van der Waals surface area contributed by atoms with Crippen LogP contribution in [-0.4, -0.2) is 31.6 Å². The Balaban J connectivity index is 1.69. The molecule has 2 heterocycles. The smallest absolute Gasteiger partial charge is 0.409 e. The fourth-order valence-corrected chi connectivity index (χ4v) is 2.50.